The first-order chi connectivity index (χ1) is 15.2. The summed E-state index contributed by atoms with van der Waals surface area (Å²) in [5.41, 5.74) is 5.07. The minimum Gasteiger partial charge on any atom is -0.491 e. The zero-order chi connectivity index (χ0) is 23.3. The number of ether oxygens (including phenoxy) is 1. The fourth-order valence-corrected chi connectivity index (χ4v) is 4.90. The number of amides is 2. The van der Waals surface area contributed by atoms with Crippen molar-refractivity contribution in [3.63, 3.8) is 0 Å². The van der Waals surface area contributed by atoms with Crippen molar-refractivity contribution in [3.05, 3.63) is 59.9 Å². The summed E-state index contributed by atoms with van der Waals surface area (Å²) >= 11 is 0. The molecule has 1 aliphatic rings. The molecule has 172 valence electrons. The van der Waals surface area contributed by atoms with Gasteiger partial charge in [-0.3, -0.25) is 20.4 Å². The number of halogens is 1. The highest BCUT2D eigenvalue weighted by Crippen LogP contribution is 2.24. The Bertz CT molecular complexity index is 1060. The first kappa shape index (κ1) is 23.7. The topological polar surface area (TPSA) is 105 Å². The highest BCUT2D eigenvalue weighted by molar-refractivity contribution is 7.89. The van der Waals surface area contributed by atoms with Gasteiger partial charge >= 0.3 is 0 Å². The summed E-state index contributed by atoms with van der Waals surface area (Å²) < 4.78 is 45.5. The lowest BCUT2D eigenvalue weighted by Gasteiger charge is -2.31. The second kappa shape index (κ2) is 10.1. The lowest BCUT2D eigenvalue weighted by atomic mass is 9.99. The smallest absolute Gasteiger partial charge is 0.269 e. The number of sulfonamides is 1. The van der Waals surface area contributed by atoms with Gasteiger partial charge in [0.25, 0.3) is 5.91 Å². The molecule has 0 saturated carbocycles. The molecule has 0 spiro atoms. The second-order valence-electron chi connectivity index (χ2n) is 7.79. The Balaban J connectivity index is 1.57. The van der Waals surface area contributed by atoms with Crippen molar-refractivity contribution in [1.29, 1.82) is 0 Å². The fourth-order valence-electron chi connectivity index (χ4n) is 3.38. The molecule has 0 bridgehead atoms. The van der Waals surface area contributed by atoms with Crippen molar-refractivity contribution in [2.45, 2.75) is 37.7 Å². The third-order valence-corrected chi connectivity index (χ3v) is 6.87. The first-order valence-electron chi connectivity index (χ1n) is 10.3. The molecule has 1 saturated heterocycles. The van der Waals surface area contributed by atoms with Crippen molar-refractivity contribution in [2.24, 2.45) is 5.92 Å². The van der Waals surface area contributed by atoms with Crippen LogP contribution in [0.2, 0.25) is 0 Å². The lowest BCUT2D eigenvalue weighted by molar-refractivity contribution is -0.126. The summed E-state index contributed by atoms with van der Waals surface area (Å²) in [6.45, 7) is 4.03. The molecular weight excluding hydrogens is 437 g/mol. The summed E-state index contributed by atoms with van der Waals surface area (Å²) in [5.74, 6) is -1.50. The van der Waals surface area contributed by atoms with Gasteiger partial charge in [-0.15, -0.1) is 0 Å². The van der Waals surface area contributed by atoms with E-state index in [1.165, 1.54) is 16.4 Å². The van der Waals surface area contributed by atoms with E-state index in [0.29, 0.717) is 24.2 Å². The summed E-state index contributed by atoms with van der Waals surface area (Å²) in [6.07, 6.45) is 0.984. The van der Waals surface area contributed by atoms with Crippen LogP contribution >= 0.6 is 0 Å². The lowest BCUT2D eigenvalue weighted by Crippen LogP contribution is -2.50. The van der Waals surface area contributed by atoms with Gasteiger partial charge in [-0.2, -0.15) is 4.31 Å². The number of carbonyl (C=O) groups excluding carboxylic acids is 2. The Morgan fingerprint density at radius 1 is 1.06 bits per heavy atom. The van der Waals surface area contributed by atoms with Crippen molar-refractivity contribution in [3.8, 4) is 5.75 Å². The van der Waals surface area contributed by atoms with Crippen LogP contribution in [0.5, 0.6) is 5.75 Å². The number of piperidine rings is 1. The number of rotatable bonds is 6. The quantitative estimate of drug-likeness (QED) is 0.641. The van der Waals surface area contributed by atoms with Gasteiger partial charge in [0.05, 0.1) is 16.9 Å². The van der Waals surface area contributed by atoms with Crippen molar-refractivity contribution >= 4 is 21.8 Å². The van der Waals surface area contributed by atoms with E-state index >= 15 is 0 Å². The summed E-state index contributed by atoms with van der Waals surface area (Å²) in [4.78, 5) is 24.8. The van der Waals surface area contributed by atoms with Gasteiger partial charge in [0.15, 0.2) is 0 Å². The van der Waals surface area contributed by atoms with Crippen LogP contribution in [0.4, 0.5) is 4.39 Å². The molecule has 2 aromatic rings. The van der Waals surface area contributed by atoms with Crippen LogP contribution in [-0.2, 0) is 14.8 Å². The van der Waals surface area contributed by atoms with Crippen LogP contribution in [0.1, 0.15) is 37.0 Å². The zero-order valence-electron chi connectivity index (χ0n) is 17.9. The number of hydrazine groups is 1. The third kappa shape index (κ3) is 5.83. The summed E-state index contributed by atoms with van der Waals surface area (Å²) in [5, 5.41) is 0. The molecule has 10 heteroatoms. The molecule has 2 amide bonds. The summed E-state index contributed by atoms with van der Waals surface area (Å²) in [6, 6.07) is 11.0. The third-order valence-electron chi connectivity index (χ3n) is 4.99. The van der Waals surface area contributed by atoms with Gasteiger partial charge in [0.1, 0.15) is 11.6 Å². The first-order valence-corrected chi connectivity index (χ1v) is 11.7. The van der Waals surface area contributed by atoms with Crippen LogP contribution < -0.4 is 15.6 Å². The fraction of sp³-hybridized carbons (Fsp3) is 0.364. The molecule has 1 fully saturated rings. The monoisotopic (exact) mass is 463 g/mol. The average molecular weight is 464 g/mol. The molecule has 1 atom stereocenters. The molecule has 2 aromatic carbocycles. The predicted molar refractivity (Wildman–Crippen MR) is 116 cm³/mol. The molecule has 3 rings (SSSR count). The van der Waals surface area contributed by atoms with Gasteiger partial charge in [0.2, 0.25) is 15.9 Å². The molecule has 1 heterocycles. The highest BCUT2D eigenvalue weighted by Gasteiger charge is 2.33. The van der Waals surface area contributed by atoms with E-state index in [9.17, 15) is 22.4 Å². The van der Waals surface area contributed by atoms with Crippen LogP contribution in [-0.4, -0.2) is 43.7 Å². The molecule has 32 heavy (non-hydrogen) atoms. The molecule has 0 radical (unpaired) electrons. The largest absolute Gasteiger partial charge is 0.491 e. The SMILES string of the molecule is CC(C)Oc1ccc(C(=O)NNC(=O)C2CCCN(S(=O)(=O)c3ccc(F)cc3)C2)cc1. The molecule has 8 nitrogen and oxygen atoms in total. The normalized spacial score (nSPS) is 17.1. The minimum atomic E-state index is -3.84. The molecule has 1 unspecified atom stereocenters. The maximum Gasteiger partial charge on any atom is 0.269 e. The number of hydrogen-bond donors (Lipinski definition) is 2. The van der Waals surface area contributed by atoms with E-state index in [0.717, 1.165) is 12.1 Å². The molecular formula is C22H26FN3O5S. The Hall–Kier alpha value is -2.98. The maximum atomic E-state index is 13.1. The number of carbonyl (C=O) groups is 2. The van der Waals surface area contributed by atoms with E-state index in [1.54, 1.807) is 24.3 Å². The maximum absolute atomic E-state index is 13.1. The van der Waals surface area contributed by atoms with Crippen LogP contribution in [0.3, 0.4) is 0 Å². The number of hydrogen-bond acceptors (Lipinski definition) is 5. The van der Waals surface area contributed by atoms with E-state index < -0.39 is 33.6 Å². The van der Waals surface area contributed by atoms with E-state index in [1.807, 2.05) is 13.8 Å². The van der Waals surface area contributed by atoms with E-state index in [-0.39, 0.29) is 24.1 Å². The Morgan fingerprint density at radius 3 is 2.34 bits per heavy atom. The second-order valence-corrected chi connectivity index (χ2v) is 9.73. The number of nitrogens with zero attached hydrogens (tertiary/aromatic N) is 1. The molecule has 1 aliphatic heterocycles. The van der Waals surface area contributed by atoms with Gasteiger partial charge in [-0.25, -0.2) is 12.8 Å². The molecule has 0 aliphatic carbocycles. The van der Waals surface area contributed by atoms with Crippen molar-refractivity contribution < 1.29 is 27.1 Å². The predicted octanol–water partition coefficient (Wildman–Crippen LogP) is 2.47. The van der Waals surface area contributed by atoms with E-state index in [4.69, 9.17) is 4.74 Å². The average Bonchev–Trinajstić information content (AvgIpc) is 2.77. The van der Waals surface area contributed by atoms with Gasteiger partial charge in [-0.05, 0) is 75.2 Å². The van der Waals surface area contributed by atoms with Gasteiger partial charge in [0, 0.05) is 18.7 Å². The Kier molecular flexibility index (Phi) is 7.47. The van der Waals surface area contributed by atoms with Gasteiger partial charge in [-0.1, -0.05) is 0 Å². The van der Waals surface area contributed by atoms with Crippen molar-refractivity contribution in [1.82, 2.24) is 15.2 Å². The number of nitrogens with one attached hydrogen (secondary N) is 2. The zero-order valence-corrected chi connectivity index (χ0v) is 18.7. The van der Waals surface area contributed by atoms with Crippen molar-refractivity contribution in [2.75, 3.05) is 13.1 Å². The Labute approximate surface area is 186 Å². The van der Waals surface area contributed by atoms with Crippen LogP contribution in [0.15, 0.2) is 53.4 Å². The summed E-state index contributed by atoms with van der Waals surface area (Å²) in [7, 11) is -3.84. The molecule has 0 aromatic heterocycles. The highest BCUT2D eigenvalue weighted by atomic mass is 32.2. The molecule has 2 N–H and O–H groups in total. The van der Waals surface area contributed by atoms with Crippen LogP contribution in [0.25, 0.3) is 0 Å². The number of benzene rings is 2. The van der Waals surface area contributed by atoms with Gasteiger partial charge < -0.3 is 4.74 Å². The standard InChI is InChI=1S/C22H26FN3O5S/c1-15(2)31-19-9-5-16(6-10-19)21(27)24-25-22(28)17-4-3-13-26(14-17)32(29,30)20-11-7-18(23)8-12-20/h5-12,15,17H,3-4,13-14H2,1-2H3,(H,24,27)(H,25,28). The van der Waals surface area contributed by atoms with E-state index in [2.05, 4.69) is 10.9 Å². The minimum absolute atomic E-state index is 0.0101. The van der Waals surface area contributed by atoms with Crippen LogP contribution in [0, 0.1) is 11.7 Å². The Morgan fingerprint density at radius 2 is 1.72 bits per heavy atom.